The molecule has 0 N–H and O–H groups in total. The Balaban J connectivity index is 1.86. The topological polar surface area (TPSA) is 18.5 Å². The van der Waals surface area contributed by atoms with E-state index in [1.807, 2.05) is 0 Å². The summed E-state index contributed by atoms with van der Waals surface area (Å²) in [5, 5.41) is 0. The molecule has 1 saturated heterocycles. The van der Waals surface area contributed by atoms with Crippen LogP contribution in [0.15, 0.2) is 49.1 Å². The van der Waals surface area contributed by atoms with E-state index >= 15 is 4.39 Å². The zero-order chi connectivity index (χ0) is 20.8. The molecule has 3 rings (SSSR count). The minimum absolute atomic E-state index is 0.0663. The van der Waals surface area contributed by atoms with Crippen LogP contribution in [0.3, 0.4) is 0 Å². The summed E-state index contributed by atoms with van der Waals surface area (Å²) in [6.45, 7) is 6.69. The van der Waals surface area contributed by atoms with Crippen LogP contribution >= 0.6 is 0 Å². The minimum Gasteiger partial charge on any atom is -0.494 e. The lowest BCUT2D eigenvalue weighted by Gasteiger charge is -2.29. The van der Waals surface area contributed by atoms with Gasteiger partial charge in [-0.3, -0.25) is 0 Å². The third kappa shape index (κ3) is 5.02. The summed E-state index contributed by atoms with van der Waals surface area (Å²) >= 11 is 0. The Kier molecular flexibility index (Phi) is 7.37. The molecule has 5 heteroatoms. The molecule has 0 saturated carbocycles. The molecule has 0 spiro atoms. The van der Waals surface area contributed by atoms with Crippen LogP contribution in [0.5, 0.6) is 5.75 Å². The Morgan fingerprint density at radius 3 is 2.52 bits per heavy atom. The zero-order valence-corrected chi connectivity index (χ0v) is 16.7. The van der Waals surface area contributed by atoms with Gasteiger partial charge < -0.3 is 9.47 Å². The lowest BCUT2D eigenvalue weighted by molar-refractivity contribution is 0.0317. The van der Waals surface area contributed by atoms with Crippen molar-refractivity contribution in [3.05, 3.63) is 66.0 Å². The fourth-order valence-electron chi connectivity index (χ4n) is 3.68. The van der Waals surface area contributed by atoms with Crippen molar-refractivity contribution >= 4 is 0 Å². The monoisotopic (exact) mass is 404 g/mol. The SMILES string of the molecule is C=CC1CCC(c2ccc(-c3ccc(OCCCC)cc3)c(F)c2C(F)F)CO1. The van der Waals surface area contributed by atoms with Gasteiger partial charge in [0, 0.05) is 11.5 Å². The average Bonchev–Trinajstić information content (AvgIpc) is 2.74. The molecule has 0 amide bonds. The predicted molar refractivity (Wildman–Crippen MR) is 109 cm³/mol. The van der Waals surface area contributed by atoms with Crippen LogP contribution in [0.25, 0.3) is 11.1 Å². The molecule has 2 atom stereocenters. The Morgan fingerprint density at radius 2 is 1.93 bits per heavy atom. The largest absolute Gasteiger partial charge is 0.494 e. The van der Waals surface area contributed by atoms with Gasteiger partial charge in [0.15, 0.2) is 0 Å². The number of ether oxygens (including phenoxy) is 2. The van der Waals surface area contributed by atoms with Crippen molar-refractivity contribution in [1.29, 1.82) is 0 Å². The van der Waals surface area contributed by atoms with Crippen molar-refractivity contribution in [2.75, 3.05) is 13.2 Å². The highest BCUT2D eigenvalue weighted by Gasteiger charge is 2.29. The Hall–Kier alpha value is -2.27. The molecule has 2 nitrogen and oxygen atoms in total. The van der Waals surface area contributed by atoms with E-state index in [9.17, 15) is 8.78 Å². The van der Waals surface area contributed by atoms with Gasteiger partial charge in [-0.15, -0.1) is 6.58 Å². The lowest BCUT2D eigenvalue weighted by Crippen LogP contribution is -2.24. The summed E-state index contributed by atoms with van der Waals surface area (Å²) in [6.07, 6.45) is 2.10. The van der Waals surface area contributed by atoms with Gasteiger partial charge in [-0.05, 0) is 42.5 Å². The smallest absolute Gasteiger partial charge is 0.266 e. The van der Waals surface area contributed by atoms with E-state index in [1.165, 1.54) is 0 Å². The first-order valence-corrected chi connectivity index (χ1v) is 10.1. The molecule has 1 aliphatic rings. The van der Waals surface area contributed by atoms with Crippen LogP contribution in [0.2, 0.25) is 0 Å². The number of alkyl halides is 2. The predicted octanol–water partition coefficient (Wildman–Crippen LogP) is 7.06. The van der Waals surface area contributed by atoms with Gasteiger partial charge in [0.2, 0.25) is 0 Å². The molecule has 0 bridgehead atoms. The first kappa shape index (κ1) is 21.4. The third-order valence-electron chi connectivity index (χ3n) is 5.38. The Morgan fingerprint density at radius 1 is 1.17 bits per heavy atom. The summed E-state index contributed by atoms with van der Waals surface area (Å²) < 4.78 is 54.0. The highest BCUT2D eigenvalue weighted by molar-refractivity contribution is 5.67. The van der Waals surface area contributed by atoms with E-state index in [2.05, 4.69) is 13.5 Å². The van der Waals surface area contributed by atoms with E-state index in [0.29, 0.717) is 42.9 Å². The van der Waals surface area contributed by atoms with E-state index in [4.69, 9.17) is 9.47 Å². The lowest BCUT2D eigenvalue weighted by atomic mass is 9.86. The molecule has 1 fully saturated rings. The molecule has 1 aliphatic heterocycles. The van der Waals surface area contributed by atoms with Crippen molar-refractivity contribution < 1.29 is 22.6 Å². The van der Waals surface area contributed by atoms with Crippen LogP contribution < -0.4 is 4.74 Å². The number of hydrogen-bond acceptors (Lipinski definition) is 2. The summed E-state index contributed by atoms with van der Waals surface area (Å²) in [5.41, 5.74) is 0.537. The Bertz CT molecular complexity index is 810. The molecule has 0 aromatic heterocycles. The summed E-state index contributed by atoms with van der Waals surface area (Å²) in [5.74, 6) is -0.416. The molecule has 156 valence electrons. The second kappa shape index (κ2) is 9.97. The van der Waals surface area contributed by atoms with Gasteiger partial charge >= 0.3 is 0 Å². The number of unbranched alkanes of at least 4 members (excludes halogenated alkanes) is 1. The summed E-state index contributed by atoms with van der Waals surface area (Å²) in [7, 11) is 0. The van der Waals surface area contributed by atoms with Gasteiger partial charge in [0.05, 0.1) is 24.9 Å². The maximum absolute atomic E-state index is 15.1. The molecule has 2 aromatic rings. The van der Waals surface area contributed by atoms with E-state index < -0.39 is 17.8 Å². The average molecular weight is 404 g/mol. The number of halogens is 3. The zero-order valence-electron chi connectivity index (χ0n) is 16.7. The normalized spacial score (nSPS) is 19.3. The van der Waals surface area contributed by atoms with Crippen LogP contribution in [-0.2, 0) is 4.74 Å². The number of rotatable bonds is 8. The quantitative estimate of drug-likeness (QED) is 0.346. The molecule has 29 heavy (non-hydrogen) atoms. The van der Waals surface area contributed by atoms with E-state index in [-0.39, 0.29) is 17.6 Å². The molecule has 0 radical (unpaired) electrons. The van der Waals surface area contributed by atoms with E-state index in [1.54, 1.807) is 42.5 Å². The minimum atomic E-state index is -2.89. The summed E-state index contributed by atoms with van der Waals surface area (Å²) in [6, 6.07) is 10.1. The first-order chi connectivity index (χ1) is 14.0. The molecule has 0 aliphatic carbocycles. The maximum Gasteiger partial charge on any atom is 0.266 e. The number of hydrogen-bond donors (Lipinski definition) is 0. The molecular weight excluding hydrogens is 377 g/mol. The highest BCUT2D eigenvalue weighted by Crippen LogP contribution is 2.39. The van der Waals surface area contributed by atoms with Crippen molar-refractivity contribution in [2.45, 2.75) is 51.1 Å². The fraction of sp³-hybridized carbons (Fsp3) is 0.417. The fourth-order valence-corrected chi connectivity index (χ4v) is 3.68. The van der Waals surface area contributed by atoms with Gasteiger partial charge in [-0.25, -0.2) is 13.2 Å². The van der Waals surface area contributed by atoms with Crippen molar-refractivity contribution in [3.8, 4) is 16.9 Å². The van der Waals surface area contributed by atoms with Gasteiger partial charge in [-0.2, -0.15) is 0 Å². The maximum atomic E-state index is 15.1. The van der Waals surface area contributed by atoms with Crippen LogP contribution in [0.4, 0.5) is 13.2 Å². The second-order valence-corrected chi connectivity index (χ2v) is 7.34. The first-order valence-electron chi connectivity index (χ1n) is 10.1. The molecule has 1 heterocycles. The van der Waals surface area contributed by atoms with Gasteiger partial charge in [0.25, 0.3) is 6.43 Å². The van der Waals surface area contributed by atoms with Crippen molar-refractivity contribution in [2.24, 2.45) is 0 Å². The molecular formula is C24H27F3O2. The molecule has 2 unspecified atom stereocenters. The van der Waals surface area contributed by atoms with Gasteiger partial charge in [0.1, 0.15) is 11.6 Å². The van der Waals surface area contributed by atoms with E-state index in [0.717, 1.165) is 12.8 Å². The Labute approximate surface area is 170 Å². The molecule has 2 aromatic carbocycles. The highest BCUT2D eigenvalue weighted by atomic mass is 19.3. The third-order valence-corrected chi connectivity index (χ3v) is 5.38. The van der Waals surface area contributed by atoms with Crippen molar-refractivity contribution in [3.63, 3.8) is 0 Å². The van der Waals surface area contributed by atoms with Gasteiger partial charge in [-0.1, -0.05) is 43.7 Å². The van der Waals surface area contributed by atoms with Crippen LogP contribution in [-0.4, -0.2) is 19.3 Å². The van der Waals surface area contributed by atoms with Crippen LogP contribution in [0, 0.1) is 5.82 Å². The second-order valence-electron chi connectivity index (χ2n) is 7.34. The van der Waals surface area contributed by atoms with Crippen LogP contribution in [0.1, 0.15) is 56.1 Å². The standard InChI is InChI=1S/C24H27F3O2/c1-3-5-14-28-19-10-6-16(7-11-19)21-13-12-20(22(23(21)25)24(26)27)17-8-9-18(4-2)29-15-17/h4,6-7,10-13,17-18,24H,2-3,5,8-9,14-15H2,1H3. The number of benzene rings is 2. The summed E-state index contributed by atoms with van der Waals surface area (Å²) in [4.78, 5) is 0. The van der Waals surface area contributed by atoms with Crippen molar-refractivity contribution in [1.82, 2.24) is 0 Å².